The van der Waals surface area contributed by atoms with E-state index in [-0.39, 0.29) is 12.2 Å². The number of likely N-dealkylation sites (N-methyl/N-ethyl adjacent to an activating group) is 1. The van der Waals surface area contributed by atoms with Crippen LogP contribution in [-0.2, 0) is 0 Å². The van der Waals surface area contributed by atoms with Crippen LogP contribution in [0.15, 0.2) is 18.2 Å². The van der Waals surface area contributed by atoms with Gasteiger partial charge in [0.2, 0.25) is 0 Å². The topological polar surface area (TPSA) is 78.6 Å². The average molecular weight is 267 g/mol. The van der Waals surface area contributed by atoms with E-state index in [0.29, 0.717) is 12.2 Å². The zero-order valence-corrected chi connectivity index (χ0v) is 11.8. The molecule has 2 N–H and O–H groups in total. The van der Waals surface area contributed by atoms with Crippen LogP contribution in [-0.4, -0.2) is 47.7 Å². The first kappa shape index (κ1) is 15.4. The largest absolute Gasteiger partial charge is 0.387 e. The normalized spacial score (nSPS) is 14.2. The molecule has 0 bridgehead atoms. The molecular formula is C13H21N3O3. The summed E-state index contributed by atoms with van der Waals surface area (Å²) in [7, 11) is 3.73. The fraction of sp³-hybridized carbons (Fsp3) is 0.538. The smallest absolute Gasteiger partial charge is 0.292 e. The Kier molecular flexibility index (Phi) is 4.85. The van der Waals surface area contributed by atoms with E-state index in [0.717, 1.165) is 5.56 Å². The minimum absolute atomic E-state index is 0.0284. The highest BCUT2D eigenvalue weighted by molar-refractivity contribution is 5.62. The number of hydrogen-bond donors (Lipinski definition) is 2. The maximum absolute atomic E-state index is 11.0. The molecule has 1 unspecified atom stereocenters. The van der Waals surface area contributed by atoms with Gasteiger partial charge < -0.3 is 15.3 Å². The number of hydrogen-bond acceptors (Lipinski definition) is 5. The van der Waals surface area contributed by atoms with E-state index >= 15 is 0 Å². The predicted molar refractivity (Wildman–Crippen MR) is 75.5 cm³/mol. The lowest BCUT2D eigenvalue weighted by atomic mass is 10.1. The van der Waals surface area contributed by atoms with Crippen molar-refractivity contribution in [1.82, 2.24) is 4.90 Å². The van der Waals surface area contributed by atoms with E-state index in [9.17, 15) is 15.2 Å². The Labute approximate surface area is 113 Å². The Bertz CT molecular complexity index is 458. The molecule has 0 saturated carbocycles. The molecule has 0 saturated heterocycles. The summed E-state index contributed by atoms with van der Waals surface area (Å²) in [6, 6.07) is 4.98. The molecule has 0 amide bonds. The molecule has 6 heteroatoms. The van der Waals surface area contributed by atoms with E-state index < -0.39 is 10.5 Å². The average Bonchev–Trinajstić information content (AvgIpc) is 2.25. The number of aryl methyl sites for hydroxylation is 1. The summed E-state index contributed by atoms with van der Waals surface area (Å²) >= 11 is 0. The summed E-state index contributed by atoms with van der Waals surface area (Å²) in [4.78, 5) is 12.4. The molecule has 1 atom stereocenters. The van der Waals surface area contributed by atoms with Crippen molar-refractivity contribution in [3.63, 3.8) is 0 Å². The van der Waals surface area contributed by atoms with Gasteiger partial charge in [-0.2, -0.15) is 0 Å². The Hall–Kier alpha value is -1.66. The van der Waals surface area contributed by atoms with Gasteiger partial charge in [0.25, 0.3) is 5.69 Å². The molecule has 0 spiro atoms. The summed E-state index contributed by atoms with van der Waals surface area (Å²) in [6.45, 7) is 4.22. The van der Waals surface area contributed by atoms with Crippen LogP contribution >= 0.6 is 0 Å². The molecule has 1 aromatic rings. The van der Waals surface area contributed by atoms with Crippen LogP contribution in [0.3, 0.4) is 0 Å². The Morgan fingerprint density at radius 1 is 1.47 bits per heavy atom. The molecule has 1 aromatic carbocycles. The third-order valence-corrected chi connectivity index (χ3v) is 2.67. The molecule has 0 aliphatic carbocycles. The number of nitro groups is 1. The first-order valence-electron chi connectivity index (χ1n) is 6.07. The van der Waals surface area contributed by atoms with Crippen LogP contribution in [0.1, 0.15) is 12.5 Å². The second-order valence-corrected chi connectivity index (χ2v) is 5.37. The van der Waals surface area contributed by atoms with E-state index in [4.69, 9.17) is 0 Å². The molecule has 0 heterocycles. The molecule has 0 aromatic heterocycles. The molecule has 106 valence electrons. The SMILES string of the molecule is Cc1ccc(NCC(C)(O)CN(C)C)c([N+](=O)[O-])c1. The molecule has 6 nitrogen and oxygen atoms in total. The summed E-state index contributed by atoms with van der Waals surface area (Å²) < 4.78 is 0. The van der Waals surface area contributed by atoms with Crippen molar-refractivity contribution < 1.29 is 10.0 Å². The van der Waals surface area contributed by atoms with Gasteiger partial charge in [0.15, 0.2) is 0 Å². The quantitative estimate of drug-likeness (QED) is 0.605. The van der Waals surface area contributed by atoms with Gasteiger partial charge in [-0.3, -0.25) is 10.1 Å². The van der Waals surface area contributed by atoms with Crippen LogP contribution in [0.4, 0.5) is 11.4 Å². The van der Waals surface area contributed by atoms with Crippen molar-refractivity contribution in [1.29, 1.82) is 0 Å². The number of nitro benzene ring substituents is 1. The van der Waals surface area contributed by atoms with E-state index in [1.54, 1.807) is 26.0 Å². The summed E-state index contributed by atoms with van der Waals surface area (Å²) in [6.07, 6.45) is 0. The van der Waals surface area contributed by atoms with Crippen LogP contribution in [0.25, 0.3) is 0 Å². The first-order chi connectivity index (χ1) is 8.71. The second-order valence-electron chi connectivity index (χ2n) is 5.37. The van der Waals surface area contributed by atoms with Crippen molar-refractivity contribution in [2.24, 2.45) is 0 Å². The van der Waals surface area contributed by atoms with Gasteiger partial charge in [0.05, 0.1) is 10.5 Å². The zero-order chi connectivity index (χ0) is 14.6. The van der Waals surface area contributed by atoms with Crippen molar-refractivity contribution >= 4 is 11.4 Å². The highest BCUT2D eigenvalue weighted by atomic mass is 16.6. The monoisotopic (exact) mass is 267 g/mol. The lowest BCUT2D eigenvalue weighted by molar-refractivity contribution is -0.384. The summed E-state index contributed by atoms with van der Waals surface area (Å²) in [5.74, 6) is 0. The summed E-state index contributed by atoms with van der Waals surface area (Å²) in [5.41, 5.74) is 0.329. The fourth-order valence-corrected chi connectivity index (χ4v) is 1.97. The third kappa shape index (κ3) is 4.84. The number of anilines is 1. The van der Waals surface area contributed by atoms with Crippen molar-refractivity contribution in [2.45, 2.75) is 19.4 Å². The minimum atomic E-state index is -0.956. The van der Waals surface area contributed by atoms with Crippen molar-refractivity contribution in [2.75, 3.05) is 32.5 Å². The minimum Gasteiger partial charge on any atom is -0.387 e. The molecule has 1 rings (SSSR count). The van der Waals surface area contributed by atoms with Gasteiger partial charge in [-0.25, -0.2) is 0 Å². The maximum atomic E-state index is 11.0. The van der Waals surface area contributed by atoms with Crippen LogP contribution in [0.2, 0.25) is 0 Å². The Balaban J connectivity index is 2.80. The van der Waals surface area contributed by atoms with Crippen LogP contribution in [0.5, 0.6) is 0 Å². The number of nitrogens with zero attached hydrogens (tertiary/aromatic N) is 2. The van der Waals surface area contributed by atoms with Gasteiger partial charge in [-0.05, 0) is 39.6 Å². The Morgan fingerprint density at radius 3 is 2.63 bits per heavy atom. The van der Waals surface area contributed by atoms with Gasteiger partial charge >= 0.3 is 0 Å². The maximum Gasteiger partial charge on any atom is 0.292 e. The molecule has 19 heavy (non-hydrogen) atoms. The first-order valence-corrected chi connectivity index (χ1v) is 6.07. The van der Waals surface area contributed by atoms with Crippen LogP contribution in [0, 0.1) is 17.0 Å². The van der Waals surface area contributed by atoms with Gasteiger partial charge in [0, 0.05) is 19.2 Å². The van der Waals surface area contributed by atoms with Crippen molar-refractivity contribution in [3.05, 3.63) is 33.9 Å². The molecule has 0 aliphatic heterocycles. The molecule has 0 fully saturated rings. The molecular weight excluding hydrogens is 246 g/mol. The van der Waals surface area contributed by atoms with Gasteiger partial charge in [-0.15, -0.1) is 0 Å². The highest BCUT2D eigenvalue weighted by Gasteiger charge is 2.23. The van der Waals surface area contributed by atoms with Gasteiger partial charge in [0.1, 0.15) is 5.69 Å². The number of aliphatic hydroxyl groups is 1. The number of rotatable bonds is 6. The summed E-state index contributed by atoms with van der Waals surface area (Å²) in [5, 5.41) is 24.1. The number of nitrogens with one attached hydrogen (secondary N) is 1. The number of benzene rings is 1. The molecule has 0 radical (unpaired) electrons. The van der Waals surface area contributed by atoms with E-state index in [1.165, 1.54) is 6.07 Å². The lowest BCUT2D eigenvalue weighted by Crippen LogP contribution is -2.43. The standard InChI is InChI=1S/C13H21N3O3/c1-10-5-6-11(12(7-10)16(18)19)14-8-13(2,17)9-15(3)4/h5-7,14,17H,8-9H2,1-4H3. The predicted octanol–water partition coefficient (Wildman–Crippen LogP) is 1.63. The van der Waals surface area contributed by atoms with Crippen LogP contribution < -0.4 is 5.32 Å². The van der Waals surface area contributed by atoms with E-state index in [1.807, 2.05) is 19.0 Å². The highest BCUT2D eigenvalue weighted by Crippen LogP contribution is 2.25. The van der Waals surface area contributed by atoms with Crippen molar-refractivity contribution in [3.8, 4) is 0 Å². The zero-order valence-electron chi connectivity index (χ0n) is 11.8. The van der Waals surface area contributed by atoms with E-state index in [2.05, 4.69) is 5.32 Å². The lowest BCUT2D eigenvalue weighted by Gasteiger charge is -2.27. The third-order valence-electron chi connectivity index (χ3n) is 2.67. The Morgan fingerprint density at radius 2 is 2.11 bits per heavy atom. The fourth-order valence-electron chi connectivity index (χ4n) is 1.97. The second kappa shape index (κ2) is 5.99. The van der Waals surface area contributed by atoms with Gasteiger partial charge in [-0.1, -0.05) is 6.07 Å². The molecule has 0 aliphatic rings.